The van der Waals surface area contributed by atoms with Crippen LogP contribution >= 0.6 is 0 Å². The van der Waals surface area contributed by atoms with E-state index in [0.717, 1.165) is 26.1 Å². The van der Waals surface area contributed by atoms with Gasteiger partial charge in [-0.3, -0.25) is 4.90 Å². The topological polar surface area (TPSA) is 62.9 Å². The molecule has 1 unspecified atom stereocenters. The summed E-state index contributed by atoms with van der Waals surface area (Å²) >= 11 is 0. The Morgan fingerprint density at radius 1 is 1.61 bits per heavy atom. The van der Waals surface area contributed by atoms with E-state index in [1.165, 1.54) is 0 Å². The molecule has 0 saturated carbocycles. The van der Waals surface area contributed by atoms with Gasteiger partial charge in [0.1, 0.15) is 5.76 Å². The molecule has 18 heavy (non-hydrogen) atoms. The number of hydrogen-bond acceptors (Lipinski definition) is 4. The van der Waals surface area contributed by atoms with Gasteiger partial charge in [0.2, 0.25) is 5.76 Å². The van der Waals surface area contributed by atoms with Crippen LogP contribution in [0.2, 0.25) is 0 Å². The molecule has 1 aliphatic rings. The van der Waals surface area contributed by atoms with Gasteiger partial charge in [0.25, 0.3) is 0 Å². The molecule has 1 N–H and O–H groups in total. The van der Waals surface area contributed by atoms with Crippen LogP contribution in [-0.2, 0) is 11.3 Å². The third-order valence-electron chi connectivity index (χ3n) is 3.08. The van der Waals surface area contributed by atoms with E-state index in [9.17, 15) is 4.79 Å². The first kappa shape index (κ1) is 13.1. The van der Waals surface area contributed by atoms with Gasteiger partial charge in [0, 0.05) is 25.3 Å². The Bertz CT molecular complexity index is 427. The average molecular weight is 253 g/mol. The zero-order chi connectivity index (χ0) is 13.1. The van der Waals surface area contributed by atoms with Gasteiger partial charge in [-0.05, 0) is 26.3 Å². The lowest BCUT2D eigenvalue weighted by Gasteiger charge is -2.20. The Morgan fingerprint density at radius 3 is 3.06 bits per heavy atom. The van der Waals surface area contributed by atoms with Crippen LogP contribution in [0.15, 0.2) is 10.5 Å². The Kier molecular flexibility index (Phi) is 4.04. The number of ether oxygens (including phenoxy) is 1. The van der Waals surface area contributed by atoms with Gasteiger partial charge in [-0.25, -0.2) is 4.79 Å². The number of aryl methyl sites for hydroxylation is 1. The minimum Gasteiger partial charge on any atom is -0.475 e. The molecule has 0 bridgehead atoms. The third kappa shape index (κ3) is 3.11. The fourth-order valence-corrected chi connectivity index (χ4v) is 2.28. The number of carboxylic acid groups (broad SMARTS) is 1. The average Bonchev–Trinajstić information content (AvgIpc) is 2.52. The normalized spacial score (nSPS) is 21.8. The first-order chi connectivity index (χ1) is 8.56. The van der Waals surface area contributed by atoms with Crippen molar-refractivity contribution >= 4 is 5.97 Å². The maximum absolute atomic E-state index is 10.9. The number of carbonyl (C=O) groups is 1. The molecule has 5 heteroatoms. The van der Waals surface area contributed by atoms with Gasteiger partial charge in [-0.1, -0.05) is 0 Å². The second-order valence-corrected chi connectivity index (χ2v) is 4.80. The molecule has 1 aromatic heterocycles. The lowest BCUT2D eigenvalue weighted by molar-refractivity contribution is 0.0632. The smallest absolute Gasteiger partial charge is 0.372 e. The molecule has 0 spiro atoms. The van der Waals surface area contributed by atoms with Crippen LogP contribution in [0.1, 0.15) is 35.2 Å². The summed E-state index contributed by atoms with van der Waals surface area (Å²) in [4.78, 5) is 13.1. The van der Waals surface area contributed by atoms with Crippen LogP contribution < -0.4 is 0 Å². The summed E-state index contributed by atoms with van der Waals surface area (Å²) in [7, 11) is 0. The van der Waals surface area contributed by atoms with Crippen molar-refractivity contribution in [3.05, 3.63) is 23.2 Å². The highest BCUT2D eigenvalue weighted by molar-refractivity contribution is 5.86. The number of hydrogen-bond donors (Lipinski definition) is 1. The molecule has 5 nitrogen and oxygen atoms in total. The van der Waals surface area contributed by atoms with Crippen LogP contribution in [0.4, 0.5) is 0 Å². The van der Waals surface area contributed by atoms with Gasteiger partial charge >= 0.3 is 5.97 Å². The van der Waals surface area contributed by atoms with E-state index in [1.54, 1.807) is 13.0 Å². The molecule has 1 aromatic rings. The fourth-order valence-electron chi connectivity index (χ4n) is 2.28. The number of aromatic carboxylic acids is 1. The number of furan rings is 1. The highest BCUT2D eigenvalue weighted by Crippen LogP contribution is 2.17. The van der Waals surface area contributed by atoms with Crippen molar-refractivity contribution in [3.8, 4) is 0 Å². The van der Waals surface area contributed by atoms with E-state index in [0.29, 0.717) is 17.9 Å². The van der Waals surface area contributed by atoms with Crippen molar-refractivity contribution in [3.63, 3.8) is 0 Å². The third-order valence-corrected chi connectivity index (χ3v) is 3.08. The largest absolute Gasteiger partial charge is 0.475 e. The van der Waals surface area contributed by atoms with Crippen LogP contribution in [0.5, 0.6) is 0 Å². The van der Waals surface area contributed by atoms with Gasteiger partial charge < -0.3 is 14.3 Å². The minimum atomic E-state index is -1.01. The van der Waals surface area contributed by atoms with Crippen molar-refractivity contribution in [1.29, 1.82) is 0 Å². The summed E-state index contributed by atoms with van der Waals surface area (Å²) in [6.07, 6.45) is 1.21. The van der Waals surface area contributed by atoms with Crippen LogP contribution in [0, 0.1) is 6.92 Å². The monoisotopic (exact) mass is 253 g/mol. The van der Waals surface area contributed by atoms with E-state index in [1.807, 2.05) is 6.92 Å². The summed E-state index contributed by atoms with van der Waals surface area (Å²) < 4.78 is 10.9. The summed E-state index contributed by atoms with van der Waals surface area (Å²) in [5.41, 5.74) is 0.677. The lowest BCUT2D eigenvalue weighted by Crippen LogP contribution is -2.29. The Balaban J connectivity index is 2.04. The van der Waals surface area contributed by atoms with Gasteiger partial charge in [-0.2, -0.15) is 0 Å². The van der Waals surface area contributed by atoms with E-state index in [4.69, 9.17) is 14.3 Å². The highest BCUT2D eigenvalue weighted by atomic mass is 16.5. The summed E-state index contributed by atoms with van der Waals surface area (Å²) in [5, 5.41) is 8.94. The second kappa shape index (κ2) is 5.54. The van der Waals surface area contributed by atoms with Gasteiger partial charge in [0.15, 0.2) is 0 Å². The minimum absolute atomic E-state index is 0.0455. The molecule has 2 rings (SSSR count). The molecule has 2 heterocycles. The summed E-state index contributed by atoms with van der Waals surface area (Å²) in [6, 6.07) is 1.81. The SMILES string of the molecule is Cc1cc(CN2CCCOC(C)C2)oc1C(=O)O. The molecule has 0 amide bonds. The maximum atomic E-state index is 10.9. The predicted octanol–water partition coefficient (Wildman–Crippen LogP) is 1.90. The number of carboxylic acids is 1. The molecule has 0 radical (unpaired) electrons. The van der Waals surface area contributed by atoms with Crippen molar-refractivity contribution < 1.29 is 19.1 Å². The first-order valence-electron chi connectivity index (χ1n) is 6.23. The number of rotatable bonds is 3. The molecule has 1 aliphatic heterocycles. The van der Waals surface area contributed by atoms with Crippen molar-refractivity contribution in [2.24, 2.45) is 0 Å². The van der Waals surface area contributed by atoms with Crippen molar-refractivity contribution in [1.82, 2.24) is 4.90 Å². The van der Waals surface area contributed by atoms with Crippen LogP contribution in [0.25, 0.3) is 0 Å². The molecule has 0 aliphatic carbocycles. The summed E-state index contributed by atoms with van der Waals surface area (Å²) in [6.45, 7) is 7.03. The quantitative estimate of drug-likeness (QED) is 0.891. The maximum Gasteiger partial charge on any atom is 0.372 e. The molecule has 1 fully saturated rings. The van der Waals surface area contributed by atoms with E-state index < -0.39 is 5.97 Å². The van der Waals surface area contributed by atoms with Crippen LogP contribution in [0.3, 0.4) is 0 Å². The Morgan fingerprint density at radius 2 is 2.39 bits per heavy atom. The molecule has 0 aromatic carbocycles. The lowest BCUT2D eigenvalue weighted by atomic mass is 10.2. The Hall–Kier alpha value is -1.33. The van der Waals surface area contributed by atoms with Crippen molar-refractivity contribution in [2.75, 3.05) is 19.7 Å². The highest BCUT2D eigenvalue weighted by Gasteiger charge is 2.19. The van der Waals surface area contributed by atoms with E-state index in [2.05, 4.69) is 4.90 Å². The second-order valence-electron chi connectivity index (χ2n) is 4.80. The molecule has 1 atom stereocenters. The fraction of sp³-hybridized carbons (Fsp3) is 0.615. The molecule has 100 valence electrons. The predicted molar refractivity (Wildman–Crippen MR) is 65.7 cm³/mol. The zero-order valence-corrected chi connectivity index (χ0v) is 10.8. The number of nitrogens with zero attached hydrogens (tertiary/aromatic N) is 1. The van der Waals surface area contributed by atoms with Gasteiger partial charge in [0.05, 0.1) is 12.6 Å². The Labute approximate surface area is 106 Å². The van der Waals surface area contributed by atoms with Gasteiger partial charge in [-0.15, -0.1) is 0 Å². The van der Waals surface area contributed by atoms with E-state index in [-0.39, 0.29) is 11.9 Å². The molecular formula is C13H19NO4. The van der Waals surface area contributed by atoms with Crippen molar-refractivity contribution in [2.45, 2.75) is 32.9 Å². The zero-order valence-electron chi connectivity index (χ0n) is 10.8. The molecule has 1 saturated heterocycles. The first-order valence-corrected chi connectivity index (χ1v) is 6.23. The van der Waals surface area contributed by atoms with Crippen LogP contribution in [-0.4, -0.2) is 41.8 Å². The molecular weight excluding hydrogens is 234 g/mol. The van der Waals surface area contributed by atoms with E-state index >= 15 is 0 Å². The standard InChI is InChI=1S/C13H19NO4/c1-9-6-11(18-12(9)13(15)16)8-14-4-3-5-17-10(2)7-14/h6,10H,3-5,7-8H2,1-2H3,(H,15,16). The summed E-state index contributed by atoms with van der Waals surface area (Å²) in [5.74, 6) is -0.255.